The number of thioether (sulfide) groups is 1. The normalized spacial score (nSPS) is 18.3. The highest BCUT2D eigenvalue weighted by Gasteiger charge is 2.19. The zero-order valence-corrected chi connectivity index (χ0v) is 11.8. The highest BCUT2D eigenvalue weighted by Crippen LogP contribution is 2.30. The lowest BCUT2D eigenvalue weighted by Gasteiger charge is -2.16. The Morgan fingerprint density at radius 1 is 1.21 bits per heavy atom. The highest BCUT2D eigenvalue weighted by molar-refractivity contribution is 7.99. The second-order valence-corrected chi connectivity index (χ2v) is 6.21. The third-order valence-corrected chi connectivity index (χ3v) is 4.63. The van der Waals surface area contributed by atoms with E-state index in [1.807, 2.05) is 17.8 Å². The summed E-state index contributed by atoms with van der Waals surface area (Å²) >= 11 is 1.88. The third kappa shape index (κ3) is 3.04. The molecular weight excluding hydrogens is 254 g/mol. The number of nitrogens with zero attached hydrogens (tertiary/aromatic N) is 1. The molecule has 1 aliphatic rings. The maximum absolute atomic E-state index is 9.96. The monoisotopic (exact) mass is 273 g/mol. The number of aliphatic hydroxyl groups is 1. The fourth-order valence-electron chi connectivity index (χ4n) is 2.64. The molecule has 1 aromatic carbocycles. The van der Waals surface area contributed by atoms with Crippen molar-refractivity contribution in [3.63, 3.8) is 0 Å². The standard InChI is InChI=1S/C16H19NOS/c18-16-8-4-5-13-11-17(12-15(13)16)9-10-19-14-6-2-1-3-7-14/h1-3,6-7,11-12,16,18H,4-5,8-10H2. The Morgan fingerprint density at radius 3 is 2.84 bits per heavy atom. The second kappa shape index (κ2) is 5.85. The van der Waals surface area contributed by atoms with E-state index >= 15 is 0 Å². The minimum absolute atomic E-state index is 0.244. The van der Waals surface area contributed by atoms with Crippen LogP contribution in [-0.2, 0) is 13.0 Å². The van der Waals surface area contributed by atoms with E-state index in [4.69, 9.17) is 0 Å². The van der Waals surface area contributed by atoms with Gasteiger partial charge in [-0.05, 0) is 37.0 Å². The first-order valence-corrected chi connectivity index (χ1v) is 7.86. The van der Waals surface area contributed by atoms with Crippen LogP contribution in [-0.4, -0.2) is 15.4 Å². The molecular formula is C16H19NOS. The molecule has 1 aromatic heterocycles. The van der Waals surface area contributed by atoms with Gasteiger partial charge in [-0.15, -0.1) is 11.8 Å². The summed E-state index contributed by atoms with van der Waals surface area (Å²) in [5.74, 6) is 1.06. The molecule has 0 radical (unpaired) electrons. The Balaban J connectivity index is 1.59. The Hall–Kier alpha value is -1.19. The average Bonchev–Trinajstić information content (AvgIpc) is 2.84. The molecule has 0 bridgehead atoms. The van der Waals surface area contributed by atoms with Gasteiger partial charge < -0.3 is 9.67 Å². The molecule has 0 fully saturated rings. The van der Waals surface area contributed by atoms with Crippen LogP contribution in [0, 0.1) is 0 Å². The zero-order valence-electron chi connectivity index (χ0n) is 11.0. The fourth-order valence-corrected chi connectivity index (χ4v) is 3.53. The summed E-state index contributed by atoms with van der Waals surface area (Å²) < 4.78 is 2.23. The Kier molecular flexibility index (Phi) is 3.95. The first-order valence-electron chi connectivity index (χ1n) is 6.87. The average molecular weight is 273 g/mol. The first kappa shape index (κ1) is 12.8. The largest absolute Gasteiger partial charge is 0.388 e. The smallest absolute Gasteiger partial charge is 0.0807 e. The van der Waals surface area contributed by atoms with Crippen molar-refractivity contribution in [3.8, 4) is 0 Å². The molecule has 1 heterocycles. The van der Waals surface area contributed by atoms with E-state index in [1.54, 1.807) is 0 Å². The van der Waals surface area contributed by atoms with Gasteiger partial charge in [-0.25, -0.2) is 0 Å². The summed E-state index contributed by atoms with van der Waals surface area (Å²) in [4.78, 5) is 1.32. The van der Waals surface area contributed by atoms with Crippen molar-refractivity contribution in [2.75, 3.05) is 5.75 Å². The minimum Gasteiger partial charge on any atom is -0.388 e. The van der Waals surface area contributed by atoms with Gasteiger partial charge in [-0.3, -0.25) is 0 Å². The Labute approximate surface area is 118 Å². The van der Waals surface area contributed by atoms with Gasteiger partial charge in [0.1, 0.15) is 0 Å². The molecule has 2 aromatic rings. The summed E-state index contributed by atoms with van der Waals surface area (Å²) in [7, 11) is 0. The molecule has 0 saturated heterocycles. The fraction of sp³-hybridized carbons (Fsp3) is 0.375. The quantitative estimate of drug-likeness (QED) is 0.860. The van der Waals surface area contributed by atoms with Gasteiger partial charge in [0, 0.05) is 35.2 Å². The number of aromatic nitrogens is 1. The zero-order chi connectivity index (χ0) is 13.1. The van der Waals surface area contributed by atoms with E-state index in [0.717, 1.165) is 37.1 Å². The van der Waals surface area contributed by atoms with Crippen LogP contribution >= 0.6 is 11.8 Å². The van der Waals surface area contributed by atoms with Crippen LogP contribution < -0.4 is 0 Å². The van der Waals surface area contributed by atoms with Gasteiger partial charge >= 0.3 is 0 Å². The van der Waals surface area contributed by atoms with Gasteiger partial charge in [0.25, 0.3) is 0 Å². The maximum atomic E-state index is 9.96. The van der Waals surface area contributed by atoms with Gasteiger partial charge in [-0.2, -0.15) is 0 Å². The van der Waals surface area contributed by atoms with E-state index in [-0.39, 0.29) is 6.10 Å². The number of aliphatic hydroxyl groups excluding tert-OH is 1. The first-order chi connectivity index (χ1) is 9.33. The Bertz CT molecular complexity index is 535. The van der Waals surface area contributed by atoms with E-state index in [2.05, 4.69) is 41.2 Å². The molecule has 19 heavy (non-hydrogen) atoms. The van der Waals surface area contributed by atoms with E-state index < -0.39 is 0 Å². The molecule has 100 valence electrons. The van der Waals surface area contributed by atoms with Crippen LogP contribution in [0.5, 0.6) is 0 Å². The van der Waals surface area contributed by atoms with Gasteiger partial charge in [0.15, 0.2) is 0 Å². The molecule has 0 saturated carbocycles. The lowest BCUT2D eigenvalue weighted by Crippen LogP contribution is -2.05. The van der Waals surface area contributed by atoms with Crippen LogP contribution in [0.3, 0.4) is 0 Å². The van der Waals surface area contributed by atoms with E-state index in [1.165, 1.54) is 10.5 Å². The van der Waals surface area contributed by atoms with Crippen LogP contribution in [0.2, 0.25) is 0 Å². The van der Waals surface area contributed by atoms with Crippen molar-refractivity contribution in [1.29, 1.82) is 0 Å². The van der Waals surface area contributed by atoms with Crippen molar-refractivity contribution in [3.05, 3.63) is 53.9 Å². The summed E-state index contributed by atoms with van der Waals surface area (Å²) in [6.07, 6.45) is 7.23. The highest BCUT2D eigenvalue weighted by atomic mass is 32.2. The lowest BCUT2D eigenvalue weighted by atomic mass is 9.93. The summed E-state index contributed by atoms with van der Waals surface area (Å²) in [5, 5.41) is 9.96. The predicted octanol–water partition coefficient (Wildman–Crippen LogP) is 3.65. The molecule has 1 atom stereocenters. The summed E-state index contributed by atoms with van der Waals surface area (Å²) in [5.41, 5.74) is 2.49. The number of hydrogen-bond donors (Lipinski definition) is 1. The third-order valence-electron chi connectivity index (χ3n) is 3.64. The van der Waals surface area contributed by atoms with Crippen LogP contribution in [0.1, 0.15) is 30.1 Å². The molecule has 0 amide bonds. The van der Waals surface area contributed by atoms with Gasteiger partial charge in [0.05, 0.1) is 6.10 Å². The SMILES string of the molecule is OC1CCCc2cn(CCSc3ccccc3)cc21. The number of benzene rings is 1. The van der Waals surface area contributed by atoms with Crippen molar-refractivity contribution >= 4 is 11.8 Å². The van der Waals surface area contributed by atoms with E-state index in [0.29, 0.717) is 0 Å². The lowest BCUT2D eigenvalue weighted by molar-refractivity contribution is 0.157. The molecule has 2 nitrogen and oxygen atoms in total. The Morgan fingerprint density at radius 2 is 2.05 bits per heavy atom. The molecule has 3 heteroatoms. The maximum Gasteiger partial charge on any atom is 0.0807 e. The van der Waals surface area contributed by atoms with Crippen molar-refractivity contribution in [1.82, 2.24) is 4.57 Å². The molecule has 1 N–H and O–H groups in total. The number of hydrogen-bond acceptors (Lipinski definition) is 2. The molecule has 1 unspecified atom stereocenters. The molecule has 3 rings (SSSR count). The molecule has 1 aliphatic carbocycles. The van der Waals surface area contributed by atoms with Gasteiger partial charge in [0.2, 0.25) is 0 Å². The van der Waals surface area contributed by atoms with Crippen LogP contribution in [0.25, 0.3) is 0 Å². The van der Waals surface area contributed by atoms with Crippen molar-refractivity contribution in [2.45, 2.75) is 36.8 Å². The minimum atomic E-state index is -0.244. The molecule has 0 aliphatic heterocycles. The number of rotatable bonds is 4. The van der Waals surface area contributed by atoms with E-state index in [9.17, 15) is 5.11 Å². The summed E-state index contributed by atoms with van der Waals surface area (Å²) in [6.45, 7) is 0.999. The van der Waals surface area contributed by atoms with Crippen LogP contribution in [0.4, 0.5) is 0 Å². The molecule has 0 spiro atoms. The van der Waals surface area contributed by atoms with Gasteiger partial charge in [-0.1, -0.05) is 18.2 Å². The second-order valence-electron chi connectivity index (χ2n) is 5.05. The summed E-state index contributed by atoms with van der Waals surface area (Å²) in [6, 6.07) is 10.5. The predicted molar refractivity (Wildman–Crippen MR) is 79.5 cm³/mol. The topological polar surface area (TPSA) is 25.2 Å². The van der Waals surface area contributed by atoms with Crippen molar-refractivity contribution < 1.29 is 5.11 Å². The van der Waals surface area contributed by atoms with Crippen molar-refractivity contribution in [2.24, 2.45) is 0 Å². The van der Waals surface area contributed by atoms with Crippen LogP contribution in [0.15, 0.2) is 47.6 Å². The number of aryl methyl sites for hydroxylation is 2. The number of fused-ring (bicyclic) bond motifs is 1.